The lowest BCUT2D eigenvalue weighted by atomic mass is 10.2. The number of methoxy groups -OCH3 is 1. The minimum Gasteiger partial charge on any atom is -0.495 e. The molecule has 4 nitrogen and oxygen atoms in total. The molecule has 19 heavy (non-hydrogen) atoms. The average Bonchev–Trinajstić information content (AvgIpc) is 2.92. The van der Waals surface area contributed by atoms with Crippen LogP contribution in [0.1, 0.15) is 16.0 Å². The molecule has 0 aliphatic carbocycles. The number of rotatable bonds is 4. The van der Waals surface area contributed by atoms with Crippen molar-refractivity contribution in [3.63, 3.8) is 0 Å². The first-order chi connectivity index (χ1) is 9.26. The molecule has 0 radical (unpaired) electrons. The van der Waals surface area contributed by atoms with Crippen molar-refractivity contribution in [1.29, 1.82) is 10.5 Å². The van der Waals surface area contributed by atoms with Crippen molar-refractivity contribution in [2.45, 2.75) is 6.54 Å². The second kappa shape index (κ2) is 5.90. The molecule has 1 aromatic carbocycles. The number of ether oxygens (including phenoxy) is 1. The summed E-state index contributed by atoms with van der Waals surface area (Å²) in [5.74, 6) is 0.635. The van der Waals surface area contributed by atoms with Gasteiger partial charge in [0.2, 0.25) is 0 Å². The van der Waals surface area contributed by atoms with Gasteiger partial charge in [-0.1, -0.05) is 0 Å². The van der Waals surface area contributed by atoms with E-state index in [4.69, 9.17) is 15.3 Å². The van der Waals surface area contributed by atoms with Crippen LogP contribution in [-0.2, 0) is 6.54 Å². The van der Waals surface area contributed by atoms with E-state index >= 15 is 0 Å². The molecule has 0 saturated heterocycles. The van der Waals surface area contributed by atoms with E-state index < -0.39 is 0 Å². The zero-order valence-corrected chi connectivity index (χ0v) is 11.1. The molecule has 1 aromatic heterocycles. The SMILES string of the molecule is COc1cc(C#N)ccc1NCc1cc(C#N)cs1. The number of thiophene rings is 1. The van der Waals surface area contributed by atoms with Gasteiger partial charge in [-0.2, -0.15) is 10.5 Å². The van der Waals surface area contributed by atoms with Crippen LogP contribution in [0.2, 0.25) is 0 Å². The van der Waals surface area contributed by atoms with Crippen LogP contribution in [0.25, 0.3) is 0 Å². The Morgan fingerprint density at radius 3 is 2.63 bits per heavy atom. The first-order valence-electron chi connectivity index (χ1n) is 5.56. The molecular formula is C14H11N3OS. The Morgan fingerprint density at radius 1 is 1.21 bits per heavy atom. The van der Waals surface area contributed by atoms with Gasteiger partial charge in [0.25, 0.3) is 0 Å². The summed E-state index contributed by atoms with van der Waals surface area (Å²) in [4.78, 5) is 1.07. The Balaban J connectivity index is 2.11. The summed E-state index contributed by atoms with van der Waals surface area (Å²) >= 11 is 1.54. The Kier molecular flexibility index (Phi) is 4.02. The lowest BCUT2D eigenvalue weighted by Gasteiger charge is -2.10. The van der Waals surface area contributed by atoms with Crippen molar-refractivity contribution in [2.75, 3.05) is 12.4 Å². The van der Waals surface area contributed by atoms with Gasteiger partial charge in [-0.25, -0.2) is 0 Å². The average molecular weight is 269 g/mol. The second-order valence-corrected chi connectivity index (χ2v) is 4.79. The van der Waals surface area contributed by atoms with Crippen molar-refractivity contribution in [1.82, 2.24) is 0 Å². The Morgan fingerprint density at radius 2 is 2.00 bits per heavy atom. The largest absolute Gasteiger partial charge is 0.495 e. The second-order valence-electron chi connectivity index (χ2n) is 3.79. The fraction of sp³-hybridized carbons (Fsp3) is 0.143. The molecular weight excluding hydrogens is 258 g/mol. The summed E-state index contributed by atoms with van der Waals surface area (Å²) in [6.07, 6.45) is 0. The first-order valence-corrected chi connectivity index (χ1v) is 6.44. The van der Waals surface area contributed by atoms with Gasteiger partial charge in [-0.05, 0) is 18.2 Å². The van der Waals surface area contributed by atoms with Crippen LogP contribution in [-0.4, -0.2) is 7.11 Å². The Bertz CT molecular complexity index is 664. The van der Waals surface area contributed by atoms with E-state index in [1.807, 2.05) is 17.5 Å². The zero-order chi connectivity index (χ0) is 13.7. The number of nitriles is 2. The maximum atomic E-state index is 8.83. The van der Waals surface area contributed by atoms with E-state index in [0.29, 0.717) is 23.4 Å². The summed E-state index contributed by atoms with van der Waals surface area (Å²) in [7, 11) is 1.57. The van der Waals surface area contributed by atoms with Gasteiger partial charge in [-0.3, -0.25) is 0 Å². The highest BCUT2D eigenvalue weighted by Crippen LogP contribution is 2.26. The van der Waals surface area contributed by atoms with E-state index in [9.17, 15) is 0 Å². The topological polar surface area (TPSA) is 68.8 Å². The summed E-state index contributed by atoms with van der Waals surface area (Å²) in [5, 5.41) is 22.7. The molecule has 94 valence electrons. The van der Waals surface area contributed by atoms with Gasteiger partial charge < -0.3 is 10.1 Å². The molecule has 2 aromatic rings. The van der Waals surface area contributed by atoms with Gasteiger partial charge in [0, 0.05) is 22.9 Å². The van der Waals surface area contributed by atoms with Crippen molar-refractivity contribution in [3.05, 3.63) is 45.6 Å². The van der Waals surface area contributed by atoms with Gasteiger partial charge in [0.15, 0.2) is 0 Å². The van der Waals surface area contributed by atoms with Gasteiger partial charge in [-0.15, -0.1) is 11.3 Å². The van der Waals surface area contributed by atoms with E-state index in [0.717, 1.165) is 10.6 Å². The third-order valence-electron chi connectivity index (χ3n) is 2.57. The molecule has 0 amide bonds. The standard InChI is InChI=1S/C14H11N3OS/c1-18-14-5-10(6-15)2-3-13(14)17-8-12-4-11(7-16)9-19-12/h2-5,9,17H,8H2,1H3. The Hall–Kier alpha value is -2.50. The van der Waals surface area contributed by atoms with Gasteiger partial charge >= 0.3 is 0 Å². The number of benzene rings is 1. The monoisotopic (exact) mass is 269 g/mol. The molecule has 0 aliphatic heterocycles. The molecule has 0 bridgehead atoms. The first kappa shape index (κ1) is 12.9. The minimum atomic E-state index is 0.560. The van der Waals surface area contributed by atoms with E-state index in [-0.39, 0.29) is 0 Å². The maximum Gasteiger partial charge on any atom is 0.143 e. The lowest BCUT2D eigenvalue weighted by Crippen LogP contribution is -2.00. The van der Waals surface area contributed by atoms with Gasteiger partial charge in [0.05, 0.1) is 30.0 Å². The molecule has 0 fully saturated rings. The summed E-state index contributed by atoms with van der Waals surface area (Å²) < 4.78 is 5.24. The van der Waals surface area contributed by atoms with E-state index in [1.54, 1.807) is 19.2 Å². The van der Waals surface area contributed by atoms with Crippen molar-refractivity contribution >= 4 is 17.0 Å². The fourth-order valence-corrected chi connectivity index (χ4v) is 2.37. The van der Waals surface area contributed by atoms with Gasteiger partial charge in [0.1, 0.15) is 11.8 Å². The molecule has 0 atom stereocenters. The predicted octanol–water partition coefficient (Wildman–Crippen LogP) is 3.11. The quantitative estimate of drug-likeness (QED) is 0.925. The van der Waals surface area contributed by atoms with Crippen LogP contribution in [0.15, 0.2) is 29.6 Å². The van der Waals surface area contributed by atoms with E-state index in [2.05, 4.69) is 17.5 Å². The normalized spacial score (nSPS) is 9.42. The third-order valence-corrected chi connectivity index (χ3v) is 3.50. The highest BCUT2D eigenvalue weighted by atomic mass is 32.1. The lowest BCUT2D eigenvalue weighted by molar-refractivity contribution is 0.416. The molecule has 0 spiro atoms. The smallest absolute Gasteiger partial charge is 0.143 e. The number of anilines is 1. The minimum absolute atomic E-state index is 0.560. The number of hydrogen-bond acceptors (Lipinski definition) is 5. The molecule has 1 heterocycles. The summed E-state index contributed by atoms with van der Waals surface area (Å²) in [6.45, 7) is 0.620. The van der Waals surface area contributed by atoms with Crippen LogP contribution >= 0.6 is 11.3 Å². The van der Waals surface area contributed by atoms with Crippen LogP contribution in [0, 0.1) is 22.7 Å². The van der Waals surface area contributed by atoms with Crippen LogP contribution in [0.5, 0.6) is 5.75 Å². The van der Waals surface area contributed by atoms with Crippen LogP contribution in [0.3, 0.4) is 0 Å². The zero-order valence-electron chi connectivity index (χ0n) is 10.3. The predicted molar refractivity (Wildman–Crippen MR) is 74.1 cm³/mol. The highest BCUT2D eigenvalue weighted by Gasteiger charge is 2.05. The Labute approximate surface area is 115 Å². The molecule has 0 aliphatic rings. The molecule has 2 rings (SSSR count). The molecule has 5 heteroatoms. The highest BCUT2D eigenvalue weighted by molar-refractivity contribution is 7.10. The number of hydrogen-bond donors (Lipinski definition) is 1. The molecule has 1 N–H and O–H groups in total. The van der Waals surface area contributed by atoms with Crippen LogP contribution in [0.4, 0.5) is 5.69 Å². The van der Waals surface area contributed by atoms with Crippen molar-refractivity contribution in [2.24, 2.45) is 0 Å². The van der Waals surface area contributed by atoms with Crippen LogP contribution < -0.4 is 10.1 Å². The third kappa shape index (κ3) is 3.04. The summed E-state index contributed by atoms with van der Waals surface area (Å²) in [6, 6.07) is 11.3. The maximum absolute atomic E-state index is 8.83. The number of nitrogens with one attached hydrogen (secondary N) is 1. The molecule has 0 unspecified atom stereocenters. The summed E-state index contributed by atoms with van der Waals surface area (Å²) in [5.41, 5.74) is 2.06. The number of nitrogens with zero attached hydrogens (tertiary/aromatic N) is 2. The fourth-order valence-electron chi connectivity index (χ4n) is 1.62. The molecule has 0 saturated carbocycles. The van der Waals surface area contributed by atoms with Crippen molar-refractivity contribution in [3.8, 4) is 17.9 Å². The van der Waals surface area contributed by atoms with E-state index in [1.165, 1.54) is 11.3 Å². The van der Waals surface area contributed by atoms with Crippen molar-refractivity contribution < 1.29 is 4.74 Å².